The van der Waals surface area contributed by atoms with Gasteiger partial charge in [0.1, 0.15) is 10.7 Å². The molecule has 1 aliphatic rings. The van der Waals surface area contributed by atoms with Crippen molar-refractivity contribution in [1.29, 1.82) is 0 Å². The number of hydrogen-bond donors (Lipinski definition) is 0. The van der Waals surface area contributed by atoms with Crippen LogP contribution in [-0.2, 0) is 23.1 Å². The molecule has 8 heteroatoms. The van der Waals surface area contributed by atoms with E-state index in [1.54, 1.807) is 15.2 Å². The smallest absolute Gasteiger partial charge is 0.246 e. The van der Waals surface area contributed by atoms with Crippen molar-refractivity contribution in [2.24, 2.45) is 0 Å². The monoisotopic (exact) mass is 365 g/mol. The Kier molecular flexibility index (Phi) is 5.58. The minimum atomic E-state index is -3.49. The predicted octanol–water partition coefficient (Wildman–Crippen LogP) is 2.47. The third-order valence-corrected chi connectivity index (χ3v) is 6.64. The maximum absolute atomic E-state index is 12.9. The molecule has 0 unspecified atom stereocenters. The summed E-state index contributed by atoms with van der Waals surface area (Å²) in [7, 11) is -3.49. The largest absolute Gasteiger partial charge is 0.335 e. The first-order chi connectivity index (χ1) is 12.1. The summed E-state index contributed by atoms with van der Waals surface area (Å²) in [5, 5.41) is 4.11. The fourth-order valence-corrected chi connectivity index (χ4v) is 4.85. The molecule has 7 nitrogen and oxygen atoms in total. The molecular weight excluding hydrogens is 338 g/mol. The van der Waals surface area contributed by atoms with Gasteiger partial charge in [-0.2, -0.15) is 9.40 Å². The predicted molar refractivity (Wildman–Crippen MR) is 95.8 cm³/mol. The van der Waals surface area contributed by atoms with Gasteiger partial charge in [-0.25, -0.2) is 13.4 Å². The van der Waals surface area contributed by atoms with Gasteiger partial charge in [-0.1, -0.05) is 13.3 Å². The number of imidazole rings is 1. The zero-order chi connectivity index (χ0) is 17.9. The van der Waals surface area contributed by atoms with Crippen LogP contribution in [0.4, 0.5) is 0 Å². The van der Waals surface area contributed by atoms with Crippen molar-refractivity contribution < 1.29 is 8.42 Å². The Morgan fingerprint density at radius 3 is 2.88 bits per heavy atom. The topological polar surface area (TPSA) is 73.0 Å². The van der Waals surface area contributed by atoms with E-state index in [1.807, 2.05) is 19.3 Å². The molecule has 25 heavy (non-hydrogen) atoms. The maximum Gasteiger partial charge on any atom is 0.246 e. The molecule has 0 bridgehead atoms. The third-order valence-electron chi connectivity index (χ3n) is 4.82. The van der Waals surface area contributed by atoms with Crippen LogP contribution in [0.1, 0.15) is 51.3 Å². The number of sulfonamides is 1. The van der Waals surface area contributed by atoms with E-state index in [1.165, 1.54) is 6.20 Å². The molecule has 0 aliphatic carbocycles. The van der Waals surface area contributed by atoms with E-state index >= 15 is 0 Å². The Labute approximate surface area is 149 Å². The van der Waals surface area contributed by atoms with Crippen LogP contribution in [0, 0.1) is 0 Å². The van der Waals surface area contributed by atoms with Gasteiger partial charge in [0.2, 0.25) is 10.0 Å². The standard InChI is InChI=1S/C17H27N5O2S/c1-3-5-9-20-11-8-18-17(20)15-7-6-10-22(13-15)25(23,24)16-12-19-21(4-2)14-16/h8,11-12,14-15H,3-7,9-10,13H2,1-2H3/t15-/m1/s1. The van der Waals surface area contributed by atoms with E-state index < -0.39 is 10.0 Å². The Morgan fingerprint density at radius 1 is 1.32 bits per heavy atom. The van der Waals surface area contributed by atoms with Gasteiger partial charge in [0.15, 0.2) is 0 Å². The number of piperidine rings is 1. The molecule has 0 spiro atoms. The summed E-state index contributed by atoms with van der Waals surface area (Å²) in [5.41, 5.74) is 0. The molecular formula is C17H27N5O2S. The summed E-state index contributed by atoms with van der Waals surface area (Å²) >= 11 is 0. The number of aromatic nitrogens is 4. The summed E-state index contributed by atoms with van der Waals surface area (Å²) in [6.07, 6.45) is 11.0. The van der Waals surface area contributed by atoms with Gasteiger partial charge in [0.25, 0.3) is 0 Å². The van der Waals surface area contributed by atoms with E-state index in [9.17, 15) is 8.42 Å². The zero-order valence-corrected chi connectivity index (χ0v) is 15.8. The van der Waals surface area contributed by atoms with Crippen LogP contribution >= 0.6 is 0 Å². The van der Waals surface area contributed by atoms with Crippen LogP contribution in [0.5, 0.6) is 0 Å². The molecule has 0 radical (unpaired) electrons. The second-order valence-corrected chi connectivity index (χ2v) is 8.50. The molecule has 0 saturated carbocycles. The van der Waals surface area contributed by atoms with Crippen molar-refractivity contribution in [2.45, 2.75) is 63.4 Å². The fourth-order valence-electron chi connectivity index (χ4n) is 3.37. The maximum atomic E-state index is 12.9. The summed E-state index contributed by atoms with van der Waals surface area (Å²) in [4.78, 5) is 4.81. The minimum Gasteiger partial charge on any atom is -0.335 e. The van der Waals surface area contributed by atoms with Gasteiger partial charge in [-0.3, -0.25) is 4.68 Å². The Balaban J connectivity index is 1.78. The van der Waals surface area contributed by atoms with Crippen LogP contribution in [0.25, 0.3) is 0 Å². The van der Waals surface area contributed by atoms with E-state index in [0.717, 1.165) is 38.1 Å². The van der Waals surface area contributed by atoms with Crippen LogP contribution in [0.2, 0.25) is 0 Å². The lowest BCUT2D eigenvalue weighted by Gasteiger charge is -2.31. The average molecular weight is 366 g/mol. The first kappa shape index (κ1) is 18.1. The minimum absolute atomic E-state index is 0.150. The highest BCUT2D eigenvalue weighted by molar-refractivity contribution is 7.89. The highest BCUT2D eigenvalue weighted by atomic mass is 32.2. The molecule has 0 amide bonds. The third kappa shape index (κ3) is 3.79. The zero-order valence-electron chi connectivity index (χ0n) is 15.0. The Bertz CT molecular complexity index is 796. The van der Waals surface area contributed by atoms with Gasteiger partial charge in [-0.15, -0.1) is 0 Å². The normalized spacial score (nSPS) is 19.4. The van der Waals surface area contributed by atoms with Crippen molar-refractivity contribution >= 4 is 10.0 Å². The van der Waals surface area contributed by atoms with E-state index in [0.29, 0.717) is 19.6 Å². The lowest BCUT2D eigenvalue weighted by Crippen LogP contribution is -2.39. The fraction of sp³-hybridized carbons (Fsp3) is 0.647. The second-order valence-electron chi connectivity index (χ2n) is 6.57. The molecule has 1 fully saturated rings. The number of unbranched alkanes of at least 4 members (excludes halogenated alkanes) is 1. The lowest BCUT2D eigenvalue weighted by atomic mass is 9.99. The molecule has 0 N–H and O–H groups in total. The molecule has 0 aromatic carbocycles. The number of nitrogens with zero attached hydrogens (tertiary/aromatic N) is 5. The van der Waals surface area contributed by atoms with Gasteiger partial charge in [0, 0.05) is 50.7 Å². The highest BCUT2D eigenvalue weighted by Gasteiger charge is 2.33. The van der Waals surface area contributed by atoms with Crippen LogP contribution in [0.15, 0.2) is 29.7 Å². The van der Waals surface area contributed by atoms with Crippen molar-refractivity contribution in [2.75, 3.05) is 13.1 Å². The molecule has 1 atom stereocenters. The lowest BCUT2D eigenvalue weighted by molar-refractivity contribution is 0.304. The van der Waals surface area contributed by atoms with Crippen LogP contribution in [-0.4, -0.2) is 45.1 Å². The molecule has 138 valence electrons. The molecule has 2 aromatic rings. The Hall–Kier alpha value is -1.67. The van der Waals surface area contributed by atoms with E-state index in [2.05, 4.69) is 21.6 Å². The van der Waals surface area contributed by atoms with Gasteiger partial charge in [-0.05, 0) is 26.2 Å². The van der Waals surface area contributed by atoms with E-state index in [4.69, 9.17) is 0 Å². The quantitative estimate of drug-likeness (QED) is 0.755. The van der Waals surface area contributed by atoms with Gasteiger partial charge >= 0.3 is 0 Å². The van der Waals surface area contributed by atoms with Crippen molar-refractivity contribution in [3.8, 4) is 0 Å². The van der Waals surface area contributed by atoms with Crippen molar-refractivity contribution in [3.63, 3.8) is 0 Å². The molecule has 3 heterocycles. The van der Waals surface area contributed by atoms with Crippen LogP contribution in [0.3, 0.4) is 0 Å². The van der Waals surface area contributed by atoms with Crippen molar-refractivity contribution in [1.82, 2.24) is 23.6 Å². The summed E-state index contributed by atoms with van der Waals surface area (Å²) in [6, 6.07) is 0. The van der Waals surface area contributed by atoms with Crippen LogP contribution < -0.4 is 0 Å². The van der Waals surface area contributed by atoms with Crippen molar-refractivity contribution in [3.05, 3.63) is 30.6 Å². The number of rotatable bonds is 7. The molecule has 1 aliphatic heterocycles. The first-order valence-electron chi connectivity index (χ1n) is 9.10. The first-order valence-corrected chi connectivity index (χ1v) is 10.5. The van der Waals surface area contributed by atoms with Gasteiger partial charge in [0.05, 0.1) is 6.20 Å². The molecule has 2 aromatic heterocycles. The molecule has 3 rings (SSSR count). The highest BCUT2D eigenvalue weighted by Crippen LogP contribution is 2.29. The molecule has 1 saturated heterocycles. The SMILES string of the molecule is CCCCn1ccnc1[C@@H]1CCCN(S(=O)(=O)c2cnn(CC)c2)C1. The number of aryl methyl sites for hydroxylation is 2. The summed E-state index contributed by atoms with van der Waals surface area (Å²) < 4.78 is 31.3. The average Bonchev–Trinajstić information content (AvgIpc) is 3.29. The second kappa shape index (κ2) is 7.70. The Morgan fingerprint density at radius 2 is 2.16 bits per heavy atom. The summed E-state index contributed by atoms with van der Waals surface area (Å²) in [6.45, 7) is 6.76. The van der Waals surface area contributed by atoms with E-state index in [-0.39, 0.29) is 10.8 Å². The number of hydrogen-bond acceptors (Lipinski definition) is 4. The van der Waals surface area contributed by atoms with Gasteiger partial charge < -0.3 is 4.57 Å². The summed E-state index contributed by atoms with van der Waals surface area (Å²) in [5.74, 6) is 1.16.